The van der Waals surface area contributed by atoms with E-state index in [1.807, 2.05) is 24.3 Å². The molecule has 0 radical (unpaired) electrons. The van der Waals surface area contributed by atoms with Gasteiger partial charge in [0.15, 0.2) is 17.5 Å². The number of rotatable bonds is 6. The van der Waals surface area contributed by atoms with Gasteiger partial charge in [-0.3, -0.25) is 4.79 Å². The van der Waals surface area contributed by atoms with E-state index in [0.29, 0.717) is 12.1 Å². The van der Waals surface area contributed by atoms with Gasteiger partial charge in [0.2, 0.25) is 0 Å². The summed E-state index contributed by atoms with van der Waals surface area (Å²) < 4.78 is 10.9. The Morgan fingerprint density at radius 1 is 1.10 bits per heavy atom. The first-order valence-electron chi connectivity index (χ1n) is 10.2. The molecule has 8 heteroatoms. The van der Waals surface area contributed by atoms with Gasteiger partial charge in [-0.1, -0.05) is 12.1 Å². The fourth-order valence-corrected chi connectivity index (χ4v) is 3.56. The molecule has 0 atom stereocenters. The molecule has 0 saturated heterocycles. The van der Waals surface area contributed by atoms with Gasteiger partial charge in [0.25, 0.3) is 5.91 Å². The Balaban J connectivity index is 0.00000341. The number of benzene rings is 2. The largest absolute Gasteiger partial charge is 0.493 e. The number of hydrogen-bond donors (Lipinski definition) is 2. The third-order valence-electron chi connectivity index (χ3n) is 5.21. The van der Waals surface area contributed by atoms with Crippen LogP contribution in [-0.2, 0) is 19.5 Å². The standard InChI is InChI=1S/C23H30N4O3.HI/c1-5-25-23(26-14-16-6-8-17(9-7-16)22(28)24-2)27-11-10-18-12-20(29-3)21(30-4)13-19(18)15-27;/h6-9,12-13H,5,10-11,14-15H2,1-4H3,(H,24,28)(H,25,26);1H. The van der Waals surface area contributed by atoms with Crippen molar-refractivity contribution in [3.8, 4) is 11.5 Å². The number of carbonyl (C=O) groups excluding carboxylic acids is 1. The molecular formula is C23H31IN4O3. The van der Waals surface area contributed by atoms with E-state index in [1.165, 1.54) is 11.1 Å². The van der Waals surface area contributed by atoms with E-state index in [9.17, 15) is 4.79 Å². The van der Waals surface area contributed by atoms with Crippen molar-refractivity contribution in [1.29, 1.82) is 0 Å². The second kappa shape index (κ2) is 11.8. The highest BCUT2D eigenvalue weighted by molar-refractivity contribution is 14.0. The first kappa shape index (κ1) is 24.8. The monoisotopic (exact) mass is 538 g/mol. The van der Waals surface area contributed by atoms with Gasteiger partial charge in [0, 0.05) is 32.2 Å². The lowest BCUT2D eigenvalue weighted by Gasteiger charge is -2.32. The molecule has 2 N–H and O–H groups in total. The van der Waals surface area contributed by atoms with E-state index in [1.54, 1.807) is 21.3 Å². The number of guanidine groups is 1. The van der Waals surface area contributed by atoms with Crippen LogP contribution in [0.25, 0.3) is 0 Å². The second-order valence-electron chi connectivity index (χ2n) is 7.09. The Labute approximate surface area is 201 Å². The van der Waals surface area contributed by atoms with Crippen molar-refractivity contribution in [2.75, 3.05) is 34.4 Å². The summed E-state index contributed by atoms with van der Waals surface area (Å²) in [4.78, 5) is 18.8. The van der Waals surface area contributed by atoms with Crippen LogP contribution in [0.3, 0.4) is 0 Å². The summed E-state index contributed by atoms with van der Waals surface area (Å²) in [6.07, 6.45) is 0.918. The molecule has 0 spiro atoms. The minimum atomic E-state index is -0.0857. The number of methoxy groups -OCH3 is 2. The summed E-state index contributed by atoms with van der Waals surface area (Å²) in [5.74, 6) is 2.31. The number of ether oxygens (including phenoxy) is 2. The molecule has 31 heavy (non-hydrogen) atoms. The maximum Gasteiger partial charge on any atom is 0.251 e. The number of hydrogen-bond acceptors (Lipinski definition) is 4. The number of carbonyl (C=O) groups is 1. The minimum absolute atomic E-state index is 0. The van der Waals surface area contributed by atoms with E-state index in [-0.39, 0.29) is 29.9 Å². The fourth-order valence-electron chi connectivity index (χ4n) is 3.56. The molecule has 7 nitrogen and oxygen atoms in total. The molecule has 1 aliphatic rings. The summed E-state index contributed by atoms with van der Waals surface area (Å²) in [7, 11) is 4.95. The van der Waals surface area contributed by atoms with E-state index in [2.05, 4.69) is 34.6 Å². The molecular weight excluding hydrogens is 507 g/mol. The van der Waals surface area contributed by atoms with Crippen LogP contribution in [0.15, 0.2) is 41.4 Å². The Morgan fingerprint density at radius 2 is 1.74 bits per heavy atom. The van der Waals surface area contributed by atoms with Gasteiger partial charge in [-0.15, -0.1) is 24.0 Å². The van der Waals surface area contributed by atoms with Gasteiger partial charge in [-0.05, 0) is 54.3 Å². The molecule has 3 rings (SSSR count). The van der Waals surface area contributed by atoms with Crippen LogP contribution in [0.4, 0.5) is 0 Å². The number of amides is 1. The van der Waals surface area contributed by atoms with Crippen molar-refractivity contribution in [1.82, 2.24) is 15.5 Å². The van der Waals surface area contributed by atoms with Crippen LogP contribution < -0.4 is 20.1 Å². The number of halogens is 1. The molecule has 0 unspecified atom stereocenters. The van der Waals surface area contributed by atoms with Gasteiger partial charge in [-0.25, -0.2) is 4.99 Å². The highest BCUT2D eigenvalue weighted by Crippen LogP contribution is 2.33. The number of fused-ring (bicyclic) bond motifs is 1. The van der Waals surface area contributed by atoms with E-state index in [4.69, 9.17) is 14.5 Å². The van der Waals surface area contributed by atoms with Crippen LogP contribution in [-0.4, -0.2) is 51.1 Å². The normalized spacial score (nSPS) is 13.0. The molecule has 1 heterocycles. The van der Waals surface area contributed by atoms with Crippen molar-refractivity contribution < 1.29 is 14.3 Å². The maximum absolute atomic E-state index is 11.7. The number of aliphatic imine (C=N–C) groups is 1. The summed E-state index contributed by atoms with van der Waals surface area (Å²) in [5.41, 5.74) is 4.21. The van der Waals surface area contributed by atoms with Crippen molar-refractivity contribution in [3.05, 3.63) is 58.7 Å². The zero-order chi connectivity index (χ0) is 21.5. The summed E-state index contributed by atoms with van der Waals surface area (Å²) in [6, 6.07) is 11.7. The van der Waals surface area contributed by atoms with Crippen LogP contribution in [0.1, 0.15) is 34.0 Å². The van der Waals surface area contributed by atoms with Gasteiger partial charge >= 0.3 is 0 Å². The highest BCUT2D eigenvalue weighted by atomic mass is 127. The van der Waals surface area contributed by atoms with Gasteiger partial charge in [-0.2, -0.15) is 0 Å². The molecule has 2 aromatic carbocycles. The Morgan fingerprint density at radius 3 is 2.32 bits per heavy atom. The molecule has 1 amide bonds. The topological polar surface area (TPSA) is 75.2 Å². The Kier molecular flexibility index (Phi) is 9.42. The second-order valence-corrected chi connectivity index (χ2v) is 7.09. The minimum Gasteiger partial charge on any atom is -0.493 e. The molecule has 1 aliphatic heterocycles. The molecule has 0 saturated carbocycles. The molecule has 0 fully saturated rings. The molecule has 0 bridgehead atoms. The van der Waals surface area contributed by atoms with E-state index in [0.717, 1.165) is 49.1 Å². The number of nitrogens with one attached hydrogen (secondary N) is 2. The van der Waals surface area contributed by atoms with Crippen molar-refractivity contribution in [3.63, 3.8) is 0 Å². The average molecular weight is 538 g/mol. The van der Waals surface area contributed by atoms with E-state index < -0.39 is 0 Å². The van der Waals surface area contributed by atoms with Gasteiger partial charge < -0.3 is 25.0 Å². The maximum atomic E-state index is 11.7. The fraction of sp³-hybridized carbons (Fsp3) is 0.391. The van der Waals surface area contributed by atoms with Crippen LogP contribution >= 0.6 is 24.0 Å². The first-order chi connectivity index (χ1) is 14.6. The lowest BCUT2D eigenvalue weighted by molar-refractivity contribution is 0.0963. The van der Waals surface area contributed by atoms with Crippen molar-refractivity contribution in [2.24, 2.45) is 4.99 Å². The third-order valence-corrected chi connectivity index (χ3v) is 5.21. The van der Waals surface area contributed by atoms with Crippen LogP contribution in [0.2, 0.25) is 0 Å². The summed E-state index contributed by atoms with van der Waals surface area (Å²) >= 11 is 0. The highest BCUT2D eigenvalue weighted by Gasteiger charge is 2.21. The lowest BCUT2D eigenvalue weighted by atomic mass is 9.99. The Bertz CT molecular complexity index is 916. The summed E-state index contributed by atoms with van der Waals surface area (Å²) in [6.45, 7) is 5.05. The van der Waals surface area contributed by atoms with Crippen LogP contribution in [0, 0.1) is 0 Å². The molecule has 168 valence electrons. The van der Waals surface area contributed by atoms with E-state index >= 15 is 0 Å². The lowest BCUT2D eigenvalue weighted by Crippen LogP contribution is -2.44. The molecule has 2 aromatic rings. The SMILES string of the molecule is CCNC(=NCc1ccc(C(=O)NC)cc1)N1CCc2cc(OC)c(OC)cc2C1.I. The van der Waals surface area contributed by atoms with Gasteiger partial charge in [0.05, 0.1) is 20.8 Å². The Hall–Kier alpha value is -2.49. The third kappa shape index (κ3) is 6.03. The zero-order valence-corrected chi connectivity index (χ0v) is 20.9. The predicted octanol–water partition coefficient (Wildman–Crippen LogP) is 3.21. The average Bonchev–Trinajstić information content (AvgIpc) is 2.80. The van der Waals surface area contributed by atoms with Crippen molar-refractivity contribution in [2.45, 2.75) is 26.4 Å². The van der Waals surface area contributed by atoms with Gasteiger partial charge in [0.1, 0.15) is 0 Å². The first-order valence-corrected chi connectivity index (χ1v) is 10.2. The van der Waals surface area contributed by atoms with Crippen molar-refractivity contribution >= 4 is 35.8 Å². The summed E-state index contributed by atoms with van der Waals surface area (Å²) in [5, 5.41) is 6.03. The molecule has 0 aliphatic carbocycles. The molecule has 0 aromatic heterocycles. The smallest absolute Gasteiger partial charge is 0.251 e. The predicted molar refractivity (Wildman–Crippen MR) is 134 cm³/mol. The quantitative estimate of drug-likeness (QED) is 0.336. The zero-order valence-electron chi connectivity index (χ0n) is 18.5. The van der Waals surface area contributed by atoms with Crippen LogP contribution in [0.5, 0.6) is 11.5 Å². The number of nitrogens with zero attached hydrogens (tertiary/aromatic N) is 2.